The summed E-state index contributed by atoms with van der Waals surface area (Å²) in [5.74, 6) is 0.911. The molecule has 2 aromatic carbocycles. The van der Waals surface area contributed by atoms with Gasteiger partial charge in [-0.3, -0.25) is 4.90 Å². The number of nitrogens with zero attached hydrogens (tertiary/aromatic N) is 1. The van der Waals surface area contributed by atoms with Crippen LogP contribution < -0.4 is 14.2 Å². The van der Waals surface area contributed by atoms with Crippen molar-refractivity contribution in [1.29, 1.82) is 0 Å². The number of esters is 1. The van der Waals surface area contributed by atoms with Gasteiger partial charge in [0, 0.05) is 6.54 Å². The number of para-hydroxylation sites is 1. The molecule has 0 saturated heterocycles. The summed E-state index contributed by atoms with van der Waals surface area (Å²) in [6.07, 6.45) is 0.639. The van der Waals surface area contributed by atoms with E-state index < -0.39 is 0 Å². The number of carbonyl (C=O) groups excluding carboxylic acids is 1. The Bertz CT molecular complexity index is 665. The SMILES string of the molecule is CCC(C(=O)Oc1c(OC)cccc1OC)N(C)Cc1ccccc1. The molecule has 2 rings (SSSR count). The lowest BCUT2D eigenvalue weighted by atomic mass is 10.1. The van der Waals surface area contributed by atoms with Gasteiger partial charge >= 0.3 is 5.97 Å². The molecule has 0 bridgehead atoms. The number of methoxy groups -OCH3 is 2. The topological polar surface area (TPSA) is 48.0 Å². The fourth-order valence-corrected chi connectivity index (χ4v) is 2.73. The number of rotatable bonds is 8. The van der Waals surface area contributed by atoms with Crippen molar-refractivity contribution < 1.29 is 19.0 Å². The summed E-state index contributed by atoms with van der Waals surface area (Å²) in [4.78, 5) is 14.7. The third-order valence-corrected chi connectivity index (χ3v) is 4.05. The van der Waals surface area contributed by atoms with Crippen LogP contribution in [0.25, 0.3) is 0 Å². The maximum Gasteiger partial charge on any atom is 0.329 e. The summed E-state index contributed by atoms with van der Waals surface area (Å²) >= 11 is 0. The van der Waals surface area contributed by atoms with Crippen LogP contribution in [0.15, 0.2) is 48.5 Å². The molecule has 1 unspecified atom stereocenters. The number of hydrogen-bond acceptors (Lipinski definition) is 5. The second kappa shape index (κ2) is 9.08. The van der Waals surface area contributed by atoms with Crippen molar-refractivity contribution in [3.63, 3.8) is 0 Å². The highest BCUT2D eigenvalue weighted by Crippen LogP contribution is 2.37. The van der Waals surface area contributed by atoms with Gasteiger partial charge in [0.15, 0.2) is 11.5 Å². The van der Waals surface area contributed by atoms with Crippen LogP contribution in [0.2, 0.25) is 0 Å². The van der Waals surface area contributed by atoms with E-state index in [4.69, 9.17) is 14.2 Å². The van der Waals surface area contributed by atoms with E-state index >= 15 is 0 Å². The average molecular weight is 343 g/mol. The number of ether oxygens (including phenoxy) is 3. The van der Waals surface area contributed by atoms with Gasteiger partial charge in [-0.15, -0.1) is 0 Å². The Morgan fingerprint density at radius 3 is 2.12 bits per heavy atom. The van der Waals surface area contributed by atoms with Crippen LogP contribution in [-0.2, 0) is 11.3 Å². The molecule has 0 saturated carbocycles. The van der Waals surface area contributed by atoms with Crippen LogP contribution in [0.4, 0.5) is 0 Å². The van der Waals surface area contributed by atoms with Gasteiger partial charge in [0.25, 0.3) is 0 Å². The summed E-state index contributed by atoms with van der Waals surface area (Å²) in [5.41, 5.74) is 1.14. The Morgan fingerprint density at radius 1 is 1.00 bits per heavy atom. The predicted octanol–water partition coefficient (Wildman–Crippen LogP) is 3.52. The molecule has 2 aromatic rings. The zero-order chi connectivity index (χ0) is 18.2. The van der Waals surface area contributed by atoms with E-state index in [0.29, 0.717) is 30.2 Å². The van der Waals surface area contributed by atoms with E-state index in [1.54, 1.807) is 18.2 Å². The molecule has 5 nitrogen and oxygen atoms in total. The fourth-order valence-electron chi connectivity index (χ4n) is 2.73. The van der Waals surface area contributed by atoms with Gasteiger partial charge < -0.3 is 14.2 Å². The number of carbonyl (C=O) groups is 1. The standard InChI is InChI=1S/C20H25NO4/c1-5-16(21(2)14-15-10-7-6-8-11-15)20(22)25-19-17(23-3)12-9-13-18(19)24-4/h6-13,16H,5,14H2,1-4H3. The molecule has 134 valence electrons. The number of likely N-dealkylation sites (N-methyl/N-ethyl adjacent to an activating group) is 1. The first-order valence-electron chi connectivity index (χ1n) is 8.27. The van der Waals surface area contributed by atoms with Gasteiger partial charge in [-0.05, 0) is 31.2 Å². The minimum Gasteiger partial charge on any atom is -0.493 e. The highest BCUT2D eigenvalue weighted by Gasteiger charge is 2.26. The molecule has 0 aliphatic rings. The summed E-state index contributed by atoms with van der Waals surface area (Å²) in [6.45, 7) is 2.63. The van der Waals surface area contributed by atoms with E-state index in [2.05, 4.69) is 0 Å². The molecule has 0 aromatic heterocycles. The van der Waals surface area contributed by atoms with Crippen molar-refractivity contribution >= 4 is 5.97 Å². The molecule has 0 fully saturated rings. The molecule has 0 N–H and O–H groups in total. The Kier molecular flexibility index (Phi) is 6.83. The Balaban J connectivity index is 2.15. The van der Waals surface area contributed by atoms with Crippen LogP contribution in [0, 0.1) is 0 Å². The average Bonchev–Trinajstić information content (AvgIpc) is 2.63. The van der Waals surface area contributed by atoms with Crippen molar-refractivity contribution in [2.45, 2.75) is 25.9 Å². The van der Waals surface area contributed by atoms with Gasteiger partial charge in [0.2, 0.25) is 5.75 Å². The molecule has 0 radical (unpaired) electrons. The predicted molar refractivity (Wildman–Crippen MR) is 97.2 cm³/mol. The Labute approximate surface area is 149 Å². The van der Waals surface area contributed by atoms with Gasteiger partial charge in [0.05, 0.1) is 14.2 Å². The van der Waals surface area contributed by atoms with E-state index in [1.165, 1.54) is 14.2 Å². The molecule has 5 heteroatoms. The summed E-state index contributed by atoms with van der Waals surface area (Å²) < 4.78 is 16.2. The first-order chi connectivity index (χ1) is 12.1. The third kappa shape index (κ3) is 4.73. The maximum absolute atomic E-state index is 12.7. The summed E-state index contributed by atoms with van der Waals surface area (Å²) in [7, 11) is 4.98. The lowest BCUT2D eigenvalue weighted by molar-refractivity contribution is -0.140. The molecule has 0 aliphatic carbocycles. The van der Waals surface area contributed by atoms with Crippen molar-refractivity contribution in [3.05, 3.63) is 54.1 Å². The van der Waals surface area contributed by atoms with Gasteiger partial charge in [-0.25, -0.2) is 4.79 Å². The lowest BCUT2D eigenvalue weighted by Crippen LogP contribution is -2.40. The Morgan fingerprint density at radius 2 is 1.60 bits per heavy atom. The van der Waals surface area contributed by atoms with Crippen LogP contribution in [-0.4, -0.2) is 38.2 Å². The zero-order valence-electron chi connectivity index (χ0n) is 15.2. The second-order valence-corrected chi connectivity index (χ2v) is 5.74. The maximum atomic E-state index is 12.7. The van der Waals surface area contributed by atoms with Gasteiger partial charge in [-0.1, -0.05) is 43.3 Å². The molecular weight excluding hydrogens is 318 g/mol. The number of hydrogen-bond donors (Lipinski definition) is 0. The quantitative estimate of drug-likeness (QED) is 0.542. The molecule has 1 atom stereocenters. The third-order valence-electron chi connectivity index (χ3n) is 4.05. The van der Waals surface area contributed by atoms with Crippen LogP contribution in [0.5, 0.6) is 17.2 Å². The lowest BCUT2D eigenvalue weighted by Gasteiger charge is -2.26. The largest absolute Gasteiger partial charge is 0.493 e. The molecule has 25 heavy (non-hydrogen) atoms. The molecular formula is C20H25NO4. The molecule has 0 aliphatic heterocycles. The van der Waals surface area contributed by atoms with E-state index in [-0.39, 0.29) is 12.0 Å². The fraction of sp³-hybridized carbons (Fsp3) is 0.350. The normalized spacial score (nSPS) is 11.9. The van der Waals surface area contributed by atoms with E-state index in [9.17, 15) is 4.79 Å². The van der Waals surface area contributed by atoms with E-state index in [0.717, 1.165) is 5.56 Å². The minimum atomic E-state index is -0.366. The highest BCUT2D eigenvalue weighted by molar-refractivity contribution is 5.79. The summed E-state index contributed by atoms with van der Waals surface area (Å²) in [6, 6.07) is 14.9. The van der Waals surface area contributed by atoms with Crippen molar-refractivity contribution in [3.8, 4) is 17.2 Å². The molecule has 0 amide bonds. The highest BCUT2D eigenvalue weighted by atomic mass is 16.6. The monoisotopic (exact) mass is 343 g/mol. The smallest absolute Gasteiger partial charge is 0.329 e. The van der Waals surface area contributed by atoms with E-state index in [1.807, 2.05) is 49.2 Å². The molecule has 0 spiro atoms. The second-order valence-electron chi connectivity index (χ2n) is 5.74. The first-order valence-corrected chi connectivity index (χ1v) is 8.27. The van der Waals surface area contributed by atoms with Crippen LogP contribution in [0.1, 0.15) is 18.9 Å². The first kappa shape index (κ1) is 18.8. The molecule has 0 heterocycles. The minimum absolute atomic E-state index is 0.309. The van der Waals surface area contributed by atoms with Gasteiger partial charge in [0.1, 0.15) is 6.04 Å². The van der Waals surface area contributed by atoms with Crippen molar-refractivity contribution in [2.75, 3.05) is 21.3 Å². The van der Waals surface area contributed by atoms with Gasteiger partial charge in [-0.2, -0.15) is 0 Å². The van der Waals surface area contributed by atoms with Crippen LogP contribution >= 0.6 is 0 Å². The van der Waals surface area contributed by atoms with Crippen LogP contribution in [0.3, 0.4) is 0 Å². The summed E-state index contributed by atoms with van der Waals surface area (Å²) in [5, 5.41) is 0. The zero-order valence-corrected chi connectivity index (χ0v) is 15.2. The van der Waals surface area contributed by atoms with Crippen molar-refractivity contribution in [2.24, 2.45) is 0 Å². The Hall–Kier alpha value is -2.53. The van der Waals surface area contributed by atoms with Crippen molar-refractivity contribution in [1.82, 2.24) is 4.90 Å². The number of benzene rings is 2.